The van der Waals surface area contributed by atoms with E-state index in [1.165, 1.54) is 0 Å². The van der Waals surface area contributed by atoms with Crippen LogP contribution in [0.1, 0.15) is 0 Å². The van der Waals surface area contributed by atoms with Crippen LogP contribution in [0.25, 0.3) is 0 Å². The van der Waals surface area contributed by atoms with Gasteiger partial charge in [0.1, 0.15) is 5.57 Å². The molecule has 7 heteroatoms. The average Bonchev–Trinajstić information content (AvgIpc) is 2.06. The van der Waals surface area contributed by atoms with E-state index >= 15 is 0 Å². The highest BCUT2D eigenvalue weighted by atomic mass is 19.4. The van der Waals surface area contributed by atoms with Crippen LogP contribution in [-0.4, -0.2) is 12.3 Å². The normalized spacial score (nSPS) is 23.5. The Kier molecular flexibility index (Phi) is 2.45. The second-order valence-electron chi connectivity index (χ2n) is 2.37. The molecular formula is C7HF7. The fraction of sp³-hybridized carbons (Fsp3) is 0.286. The molecule has 1 aliphatic rings. The van der Waals surface area contributed by atoms with Crippen LogP contribution in [0, 0.1) is 0 Å². The molecule has 0 aliphatic heterocycles. The van der Waals surface area contributed by atoms with E-state index in [1.807, 2.05) is 0 Å². The third-order valence-electron chi connectivity index (χ3n) is 1.40. The lowest BCUT2D eigenvalue weighted by Gasteiger charge is -2.13. The first kappa shape index (κ1) is 10.8. The van der Waals surface area contributed by atoms with Crippen molar-refractivity contribution in [2.24, 2.45) is 0 Å². The van der Waals surface area contributed by atoms with Crippen molar-refractivity contribution >= 4 is 0 Å². The molecule has 1 atom stereocenters. The van der Waals surface area contributed by atoms with E-state index in [9.17, 15) is 30.7 Å². The maximum Gasteiger partial charge on any atom is 0.426 e. The lowest BCUT2D eigenvalue weighted by Crippen LogP contribution is -2.18. The Hall–Kier alpha value is -1.23. The zero-order valence-electron chi connectivity index (χ0n) is 6.22. The van der Waals surface area contributed by atoms with Crippen molar-refractivity contribution in [2.75, 3.05) is 0 Å². The van der Waals surface area contributed by atoms with E-state index in [0.29, 0.717) is 0 Å². The van der Waals surface area contributed by atoms with Crippen LogP contribution in [0.4, 0.5) is 30.7 Å². The van der Waals surface area contributed by atoms with Crippen LogP contribution < -0.4 is 0 Å². The van der Waals surface area contributed by atoms with Gasteiger partial charge in [0, 0.05) is 0 Å². The van der Waals surface area contributed by atoms with Crippen LogP contribution in [0.5, 0.6) is 0 Å². The minimum absolute atomic E-state index is 0.780. The maximum absolute atomic E-state index is 12.4. The smallest absolute Gasteiger partial charge is 0.231 e. The highest BCUT2D eigenvalue weighted by Gasteiger charge is 2.43. The summed E-state index contributed by atoms with van der Waals surface area (Å²) in [7, 11) is 0. The lowest BCUT2D eigenvalue weighted by molar-refractivity contribution is -0.0916. The number of hydrogen-bond acceptors (Lipinski definition) is 0. The molecule has 1 unspecified atom stereocenters. The van der Waals surface area contributed by atoms with Crippen molar-refractivity contribution in [3.05, 3.63) is 28.8 Å². The van der Waals surface area contributed by atoms with Crippen molar-refractivity contribution < 1.29 is 30.7 Å². The monoisotopic (exact) mass is 218 g/mol. The van der Waals surface area contributed by atoms with Gasteiger partial charge >= 0.3 is 6.18 Å². The number of alkyl halides is 4. The summed E-state index contributed by atoms with van der Waals surface area (Å²) in [6.45, 7) is 0. The van der Waals surface area contributed by atoms with Crippen LogP contribution in [0.15, 0.2) is 28.8 Å². The van der Waals surface area contributed by atoms with Crippen molar-refractivity contribution in [1.82, 2.24) is 0 Å². The molecule has 0 aromatic heterocycles. The van der Waals surface area contributed by atoms with Gasteiger partial charge in [-0.05, 0) is 0 Å². The van der Waals surface area contributed by atoms with Gasteiger partial charge in [0.15, 0.2) is 17.5 Å². The molecule has 0 amide bonds. The van der Waals surface area contributed by atoms with Gasteiger partial charge in [0.25, 0.3) is 0 Å². The standard InChI is InChI=1S/C7HF7/c8-3-1-2(7(12,13)14)4(9)6(11)5(3)10/h5H. The molecule has 1 rings (SSSR count). The molecule has 0 nitrogen and oxygen atoms in total. The molecule has 0 fully saturated rings. The zero-order valence-corrected chi connectivity index (χ0v) is 6.22. The topological polar surface area (TPSA) is 0 Å². The molecule has 0 saturated heterocycles. The Bertz CT molecular complexity index is 353. The highest BCUT2D eigenvalue weighted by molar-refractivity contribution is 5.39. The Morgan fingerprint density at radius 2 is 1.57 bits per heavy atom. The molecule has 0 radical (unpaired) electrons. The van der Waals surface area contributed by atoms with Gasteiger partial charge in [-0.15, -0.1) is 0 Å². The second-order valence-corrected chi connectivity index (χ2v) is 2.37. The number of hydrogen-bond donors (Lipinski definition) is 0. The van der Waals surface area contributed by atoms with Gasteiger partial charge in [0.2, 0.25) is 6.17 Å². The van der Waals surface area contributed by atoms with E-state index < -0.39 is 35.4 Å². The lowest BCUT2D eigenvalue weighted by atomic mass is 10.1. The minimum Gasteiger partial charge on any atom is -0.231 e. The number of allylic oxidation sites excluding steroid dienone is 3. The van der Waals surface area contributed by atoms with Crippen molar-refractivity contribution in [3.8, 4) is 0 Å². The Morgan fingerprint density at radius 1 is 1.07 bits per heavy atom. The van der Waals surface area contributed by atoms with Gasteiger partial charge < -0.3 is 0 Å². The SMILES string of the molecule is FC1=C=C(C(F)(F)F)C(F)=C(F)C1F. The molecular weight excluding hydrogens is 217 g/mol. The van der Waals surface area contributed by atoms with Crippen molar-refractivity contribution in [3.63, 3.8) is 0 Å². The van der Waals surface area contributed by atoms with Crippen LogP contribution >= 0.6 is 0 Å². The summed E-state index contributed by atoms with van der Waals surface area (Å²) in [6.07, 6.45) is -8.44. The molecule has 0 heterocycles. The summed E-state index contributed by atoms with van der Waals surface area (Å²) < 4.78 is 84.7. The van der Waals surface area contributed by atoms with Crippen molar-refractivity contribution in [2.45, 2.75) is 12.3 Å². The fourth-order valence-corrected chi connectivity index (χ4v) is 0.775. The quantitative estimate of drug-likeness (QED) is 0.431. The van der Waals surface area contributed by atoms with Crippen LogP contribution in [0.2, 0.25) is 0 Å². The molecule has 0 bridgehead atoms. The first-order valence-electron chi connectivity index (χ1n) is 3.18. The third kappa shape index (κ3) is 1.68. The number of halogens is 7. The minimum atomic E-state index is -5.31. The van der Waals surface area contributed by atoms with Gasteiger partial charge in [0.05, 0.1) is 0 Å². The van der Waals surface area contributed by atoms with E-state index in [0.717, 1.165) is 5.73 Å². The Morgan fingerprint density at radius 3 is 2.00 bits per heavy atom. The van der Waals surface area contributed by atoms with Crippen molar-refractivity contribution in [1.29, 1.82) is 0 Å². The van der Waals surface area contributed by atoms with Crippen LogP contribution in [0.3, 0.4) is 0 Å². The highest BCUT2D eigenvalue weighted by Crippen LogP contribution is 2.38. The second kappa shape index (κ2) is 3.16. The molecule has 0 aromatic carbocycles. The third-order valence-corrected chi connectivity index (χ3v) is 1.40. The summed E-state index contributed by atoms with van der Waals surface area (Å²) in [4.78, 5) is 0. The molecule has 78 valence electrons. The predicted molar refractivity (Wildman–Crippen MR) is 31.8 cm³/mol. The van der Waals surface area contributed by atoms with Gasteiger partial charge in [-0.25, -0.2) is 13.2 Å². The van der Waals surface area contributed by atoms with E-state index in [1.54, 1.807) is 0 Å². The average molecular weight is 218 g/mol. The maximum atomic E-state index is 12.4. The summed E-state index contributed by atoms with van der Waals surface area (Å²) in [5.41, 5.74) is -1.50. The summed E-state index contributed by atoms with van der Waals surface area (Å²) in [5.74, 6) is -7.02. The molecule has 0 N–H and O–H groups in total. The van der Waals surface area contributed by atoms with Gasteiger partial charge in [-0.1, -0.05) is 5.73 Å². The number of rotatable bonds is 0. The summed E-state index contributed by atoms with van der Waals surface area (Å²) in [6, 6.07) is 0. The molecule has 14 heavy (non-hydrogen) atoms. The fourth-order valence-electron chi connectivity index (χ4n) is 0.775. The molecule has 0 spiro atoms. The van der Waals surface area contributed by atoms with Crippen LogP contribution in [-0.2, 0) is 0 Å². The molecule has 0 aromatic rings. The van der Waals surface area contributed by atoms with E-state index in [4.69, 9.17) is 0 Å². The molecule has 1 aliphatic carbocycles. The van der Waals surface area contributed by atoms with E-state index in [2.05, 4.69) is 0 Å². The largest absolute Gasteiger partial charge is 0.426 e. The van der Waals surface area contributed by atoms with Gasteiger partial charge in [-0.2, -0.15) is 17.6 Å². The summed E-state index contributed by atoms with van der Waals surface area (Å²) >= 11 is 0. The first-order chi connectivity index (χ1) is 6.25. The predicted octanol–water partition coefficient (Wildman–Crippen LogP) is 3.43. The Labute approximate surface area is 73.0 Å². The van der Waals surface area contributed by atoms with E-state index in [-0.39, 0.29) is 0 Å². The van der Waals surface area contributed by atoms with Gasteiger partial charge in [-0.3, -0.25) is 0 Å². The Balaban J connectivity index is 3.38. The molecule has 0 saturated carbocycles. The summed E-state index contributed by atoms with van der Waals surface area (Å²) in [5, 5.41) is 0. The zero-order chi connectivity index (χ0) is 11.1. The first-order valence-corrected chi connectivity index (χ1v) is 3.18.